The van der Waals surface area contributed by atoms with Gasteiger partial charge in [0.05, 0.1) is 6.04 Å². The molecule has 7 heteroatoms. The summed E-state index contributed by atoms with van der Waals surface area (Å²) in [5.41, 5.74) is 9.61. The molecule has 146 valence electrons. The summed E-state index contributed by atoms with van der Waals surface area (Å²) in [6, 6.07) is 6.54. The molecule has 3 N–H and O–H groups in total. The SMILES string of the molecule is NCCN1CCN(Cc2ccc3c(c2)CN(C2CCC(=O)NC2=O)C3)CC1. The topological polar surface area (TPSA) is 81.9 Å². The number of amides is 2. The Bertz CT molecular complexity index is 714. The van der Waals surface area contributed by atoms with Crippen LogP contribution < -0.4 is 11.1 Å². The highest BCUT2D eigenvalue weighted by atomic mass is 16.2. The van der Waals surface area contributed by atoms with Crippen molar-refractivity contribution in [3.05, 3.63) is 34.9 Å². The van der Waals surface area contributed by atoms with Crippen molar-refractivity contribution in [3.8, 4) is 0 Å². The molecule has 1 aromatic carbocycles. The molecule has 0 spiro atoms. The Morgan fingerprint density at radius 3 is 2.52 bits per heavy atom. The molecule has 1 aromatic rings. The fourth-order valence-corrected chi connectivity index (χ4v) is 4.44. The lowest BCUT2D eigenvalue weighted by Gasteiger charge is -2.34. The predicted octanol–water partition coefficient (Wildman–Crippen LogP) is -0.116. The first-order valence-electron chi connectivity index (χ1n) is 9.95. The van der Waals surface area contributed by atoms with Crippen LogP contribution in [-0.4, -0.2) is 71.8 Å². The van der Waals surface area contributed by atoms with E-state index >= 15 is 0 Å². The summed E-state index contributed by atoms with van der Waals surface area (Å²) in [5, 5.41) is 2.47. The van der Waals surface area contributed by atoms with E-state index in [0.29, 0.717) is 12.8 Å². The van der Waals surface area contributed by atoms with Crippen molar-refractivity contribution in [2.45, 2.75) is 38.5 Å². The number of nitrogens with two attached hydrogens (primary N) is 1. The largest absolute Gasteiger partial charge is 0.329 e. The van der Waals surface area contributed by atoms with Gasteiger partial charge in [0.15, 0.2) is 0 Å². The van der Waals surface area contributed by atoms with Crippen molar-refractivity contribution in [2.24, 2.45) is 5.73 Å². The smallest absolute Gasteiger partial charge is 0.243 e. The number of rotatable bonds is 5. The van der Waals surface area contributed by atoms with Crippen molar-refractivity contribution in [1.82, 2.24) is 20.0 Å². The van der Waals surface area contributed by atoms with Crippen LogP contribution in [-0.2, 0) is 29.2 Å². The zero-order chi connectivity index (χ0) is 18.8. The van der Waals surface area contributed by atoms with Gasteiger partial charge in [-0.1, -0.05) is 18.2 Å². The molecule has 2 amide bonds. The fourth-order valence-electron chi connectivity index (χ4n) is 4.44. The van der Waals surface area contributed by atoms with Crippen LogP contribution in [0.4, 0.5) is 0 Å². The van der Waals surface area contributed by atoms with Gasteiger partial charge in [0.1, 0.15) is 0 Å². The van der Waals surface area contributed by atoms with Crippen LogP contribution in [0.25, 0.3) is 0 Å². The van der Waals surface area contributed by atoms with Crippen LogP contribution in [0.5, 0.6) is 0 Å². The Kier molecular flexibility index (Phi) is 5.54. The number of carbonyl (C=O) groups excluding carboxylic acids is 2. The molecule has 0 bridgehead atoms. The number of fused-ring (bicyclic) bond motifs is 1. The van der Waals surface area contributed by atoms with Crippen molar-refractivity contribution >= 4 is 11.8 Å². The molecule has 4 rings (SSSR count). The fraction of sp³-hybridized carbons (Fsp3) is 0.600. The van der Waals surface area contributed by atoms with E-state index in [9.17, 15) is 9.59 Å². The lowest BCUT2D eigenvalue weighted by atomic mass is 10.0. The third-order valence-electron chi connectivity index (χ3n) is 5.98. The molecule has 0 aliphatic carbocycles. The van der Waals surface area contributed by atoms with Gasteiger partial charge in [-0.15, -0.1) is 0 Å². The van der Waals surface area contributed by atoms with Gasteiger partial charge in [-0.3, -0.25) is 29.6 Å². The summed E-state index contributed by atoms with van der Waals surface area (Å²) >= 11 is 0. The highest BCUT2D eigenvalue weighted by Gasteiger charge is 2.34. The van der Waals surface area contributed by atoms with E-state index in [0.717, 1.165) is 58.9 Å². The first-order valence-corrected chi connectivity index (χ1v) is 9.95. The Balaban J connectivity index is 1.35. The van der Waals surface area contributed by atoms with Crippen LogP contribution in [0.1, 0.15) is 29.5 Å². The summed E-state index contributed by atoms with van der Waals surface area (Å²) < 4.78 is 0. The third-order valence-corrected chi connectivity index (χ3v) is 5.98. The molecule has 7 nitrogen and oxygen atoms in total. The summed E-state index contributed by atoms with van der Waals surface area (Å²) in [7, 11) is 0. The number of piperidine rings is 1. The molecule has 0 saturated carbocycles. The number of carbonyl (C=O) groups is 2. The third kappa shape index (κ3) is 4.21. The molecular weight excluding hydrogens is 342 g/mol. The first kappa shape index (κ1) is 18.6. The average molecular weight is 371 g/mol. The van der Waals surface area contributed by atoms with Crippen LogP contribution >= 0.6 is 0 Å². The minimum Gasteiger partial charge on any atom is -0.329 e. The molecule has 1 unspecified atom stereocenters. The molecule has 2 fully saturated rings. The van der Waals surface area contributed by atoms with Gasteiger partial charge >= 0.3 is 0 Å². The van der Waals surface area contributed by atoms with Gasteiger partial charge < -0.3 is 5.73 Å². The van der Waals surface area contributed by atoms with Crippen molar-refractivity contribution in [3.63, 3.8) is 0 Å². The number of hydrogen-bond acceptors (Lipinski definition) is 6. The van der Waals surface area contributed by atoms with Gasteiger partial charge in [0, 0.05) is 65.3 Å². The zero-order valence-corrected chi connectivity index (χ0v) is 15.8. The van der Waals surface area contributed by atoms with Crippen LogP contribution in [0.2, 0.25) is 0 Å². The minimum absolute atomic E-state index is 0.144. The maximum Gasteiger partial charge on any atom is 0.243 e. The highest BCUT2D eigenvalue weighted by Crippen LogP contribution is 2.28. The second-order valence-corrected chi connectivity index (χ2v) is 7.88. The van der Waals surface area contributed by atoms with E-state index in [2.05, 4.69) is 38.2 Å². The molecule has 3 aliphatic heterocycles. The maximum atomic E-state index is 12.2. The summed E-state index contributed by atoms with van der Waals surface area (Å²) in [6.07, 6.45) is 1.06. The van der Waals surface area contributed by atoms with Gasteiger partial charge in [-0.2, -0.15) is 0 Å². The van der Waals surface area contributed by atoms with E-state index in [1.807, 2.05) is 0 Å². The quantitative estimate of drug-likeness (QED) is 0.703. The molecule has 2 saturated heterocycles. The summed E-state index contributed by atoms with van der Waals surface area (Å²) in [6.45, 7) is 8.62. The Labute approximate surface area is 160 Å². The normalized spacial score (nSPS) is 24.9. The maximum absolute atomic E-state index is 12.2. The second-order valence-electron chi connectivity index (χ2n) is 7.88. The molecular formula is C20H29N5O2. The van der Waals surface area contributed by atoms with Crippen molar-refractivity contribution in [1.29, 1.82) is 0 Å². The average Bonchev–Trinajstić information content (AvgIpc) is 3.06. The molecule has 3 heterocycles. The predicted molar refractivity (Wildman–Crippen MR) is 103 cm³/mol. The number of hydrogen-bond donors (Lipinski definition) is 2. The molecule has 27 heavy (non-hydrogen) atoms. The molecule has 1 atom stereocenters. The van der Waals surface area contributed by atoms with Crippen LogP contribution in [0, 0.1) is 0 Å². The summed E-state index contributed by atoms with van der Waals surface area (Å²) in [5.74, 6) is -0.295. The van der Waals surface area contributed by atoms with Crippen LogP contribution in [0.15, 0.2) is 18.2 Å². The Hall–Kier alpha value is -1.80. The van der Waals surface area contributed by atoms with E-state index in [1.54, 1.807) is 0 Å². The van der Waals surface area contributed by atoms with Crippen molar-refractivity contribution < 1.29 is 9.59 Å². The Morgan fingerprint density at radius 2 is 1.78 bits per heavy atom. The van der Waals surface area contributed by atoms with E-state index in [-0.39, 0.29) is 17.9 Å². The van der Waals surface area contributed by atoms with E-state index in [4.69, 9.17) is 5.73 Å². The number of benzene rings is 1. The number of imide groups is 1. The standard InChI is InChI=1S/C20H29N5O2/c21-5-6-23-7-9-24(10-8-23)12-15-1-2-16-13-25(14-17(16)11-15)18-3-4-19(26)22-20(18)27/h1-2,11,18H,3-10,12-14,21H2,(H,22,26,27). The van der Waals surface area contributed by atoms with Gasteiger partial charge in [0.25, 0.3) is 0 Å². The van der Waals surface area contributed by atoms with E-state index < -0.39 is 0 Å². The van der Waals surface area contributed by atoms with Gasteiger partial charge in [0.2, 0.25) is 11.8 Å². The van der Waals surface area contributed by atoms with Gasteiger partial charge in [-0.05, 0) is 23.1 Å². The van der Waals surface area contributed by atoms with Gasteiger partial charge in [-0.25, -0.2) is 0 Å². The zero-order valence-electron chi connectivity index (χ0n) is 15.8. The molecule has 3 aliphatic rings. The minimum atomic E-state index is -0.186. The lowest BCUT2D eigenvalue weighted by molar-refractivity contribution is -0.137. The van der Waals surface area contributed by atoms with E-state index in [1.165, 1.54) is 16.7 Å². The highest BCUT2D eigenvalue weighted by molar-refractivity contribution is 6.00. The first-order chi connectivity index (χ1) is 13.1. The monoisotopic (exact) mass is 371 g/mol. The number of nitrogens with zero attached hydrogens (tertiary/aromatic N) is 3. The second kappa shape index (κ2) is 8.06. The van der Waals surface area contributed by atoms with Crippen LogP contribution in [0.3, 0.4) is 0 Å². The molecule has 0 aromatic heterocycles. The number of piperazine rings is 1. The summed E-state index contributed by atoms with van der Waals surface area (Å²) in [4.78, 5) is 30.7. The Morgan fingerprint density at radius 1 is 1.04 bits per heavy atom. The van der Waals surface area contributed by atoms with Crippen molar-refractivity contribution in [2.75, 3.05) is 39.3 Å². The number of nitrogens with one attached hydrogen (secondary N) is 1. The lowest BCUT2D eigenvalue weighted by Crippen LogP contribution is -2.50. The molecule has 0 radical (unpaired) electrons.